The Hall–Kier alpha value is -1.32. The van der Waals surface area contributed by atoms with E-state index in [0.717, 1.165) is 6.26 Å². The number of ether oxygens (including phenoxy) is 1. The van der Waals surface area contributed by atoms with Crippen LogP contribution in [0.5, 0.6) is 0 Å². The summed E-state index contributed by atoms with van der Waals surface area (Å²) in [7, 11) is 0. The van der Waals surface area contributed by atoms with Crippen LogP contribution in [0.25, 0.3) is 0 Å². The van der Waals surface area contributed by atoms with Crippen LogP contribution in [0.3, 0.4) is 0 Å². The molecule has 1 unspecified atom stereocenters. The zero-order chi connectivity index (χ0) is 8.48. The van der Waals surface area contributed by atoms with Gasteiger partial charge < -0.3 is 9.84 Å². The Morgan fingerprint density at radius 1 is 1.82 bits per heavy atom. The summed E-state index contributed by atoms with van der Waals surface area (Å²) in [6, 6.07) is 0. The van der Waals surface area contributed by atoms with Crippen LogP contribution >= 0.6 is 0 Å². The van der Waals surface area contributed by atoms with Crippen LogP contribution in [0.15, 0.2) is 12.3 Å². The van der Waals surface area contributed by atoms with Gasteiger partial charge >= 0.3 is 11.9 Å². The maximum atomic E-state index is 10.9. The zero-order valence-electron chi connectivity index (χ0n) is 6.03. The molecule has 1 atom stereocenters. The highest BCUT2D eigenvalue weighted by molar-refractivity contribution is 6.02. The molecule has 1 aliphatic heterocycles. The molecule has 1 heterocycles. The van der Waals surface area contributed by atoms with Gasteiger partial charge in [-0.3, -0.25) is 9.59 Å². The summed E-state index contributed by atoms with van der Waals surface area (Å²) in [5.41, 5.74) is -1.43. The van der Waals surface area contributed by atoms with Crippen molar-refractivity contribution in [2.45, 2.75) is 13.3 Å². The predicted molar refractivity (Wildman–Crippen MR) is 35.6 cm³/mol. The molecule has 60 valence electrons. The second kappa shape index (κ2) is 2.38. The van der Waals surface area contributed by atoms with E-state index in [4.69, 9.17) is 5.11 Å². The first-order valence-electron chi connectivity index (χ1n) is 3.25. The summed E-state index contributed by atoms with van der Waals surface area (Å²) in [6.45, 7) is 1.63. The van der Waals surface area contributed by atoms with Gasteiger partial charge in [-0.05, 0) is 12.5 Å². The highest BCUT2D eigenvalue weighted by Gasteiger charge is 2.46. The fourth-order valence-corrected chi connectivity index (χ4v) is 0.957. The molecule has 1 rings (SSSR count). The largest absolute Gasteiger partial charge is 0.480 e. The van der Waals surface area contributed by atoms with E-state index in [2.05, 4.69) is 4.74 Å². The minimum atomic E-state index is -1.43. The molecular formula is C7H8O4. The highest BCUT2D eigenvalue weighted by atomic mass is 16.5. The standard InChI is InChI=1S/C7H8O4/c1-2-7(5(8)9)3-4-11-6(7)10/h3-4H,2H2,1H3,(H,8,9). The van der Waals surface area contributed by atoms with E-state index in [0.29, 0.717) is 0 Å². The minimum Gasteiger partial charge on any atom is -0.480 e. The fourth-order valence-electron chi connectivity index (χ4n) is 0.957. The molecule has 0 amide bonds. The topological polar surface area (TPSA) is 63.6 Å². The molecule has 11 heavy (non-hydrogen) atoms. The maximum absolute atomic E-state index is 10.9. The van der Waals surface area contributed by atoms with Crippen molar-refractivity contribution in [3.8, 4) is 0 Å². The second-order valence-corrected chi connectivity index (χ2v) is 2.34. The molecule has 0 aromatic heterocycles. The number of cyclic esters (lactones) is 1. The zero-order valence-corrected chi connectivity index (χ0v) is 6.03. The molecule has 0 spiro atoms. The highest BCUT2D eigenvalue weighted by Crippen LogP contribution is 2.30. The summed E-state index contributed by atoms with van der Waals surface area (Å²) >= 11 is 0. The van der Waals surface area contributed by atoms with Crippen LogP contribution in [0.1, 0.15) is 13.3 Å². The van der Waals surface area contributed by atoms with Crippen molar-refractivity contribution in [1.82, 2.24) is 0 Å². The lowest BCUT2D eigenvalue weighted by Crippen LogP contribution is -2.34. The SMILES string of the molecule is CCC1(C(=O)O)C=COC1=O. The number of rotatable bonds is 2. The van der Waals surface area contributed by atoms with Gasteiger partial charge in [0.05, 0.1) is 6.26 Å². The monoisotopic (exact) mass is 156 g/mol. The third-order valence-corrected chi connectivity index (χ3v) is 1.83. The summed E-state index contributed by atoms with van der Waals surface area (Å²) < 4.78 is 4.42. The fraction of sp³-hybridized carbons (Fsp3) is 0.429. The van der Waals surface area contributed by atoms with Gasteiger partial charge in [0.15, 0.2) is 5.41 Å². The molecule has 0 bridgehead atoms. The average Bonchev–Trinajstić information content (AvgIpc) is 2.32. The van der Waals surface area contributed by atoms with E-state index in [1.54, 1.807) is 6.92 Å². The Labute approximate surface area is 63.5 Å². The van der Waals surface area contributed by atoms with E-state index < -0.39 is 17.4 Å². The van der Waals surface area contributed by atoms with Crippen molar-refractivity contribution in [3.63, 3.8) is 0 Å². The van der Waals surface area contributed by atoms with Crippen LogP contribution in [0.4, 0.5) is 0 Å². The van der Waals surface area contributed by atoms with Crippen molar-refractivity contribution in [2.75, 3.05) is 0 Å². The van der Waals surface area contributed by atoms with Crippen molar-refractivity contribution in [2.24, 2.45) is 5.41 Å². The lowest BCUT2D eigenvalue weighted by molar-refractivity contribution is -0.158. The van der Waals surface area contributed by atoms with Gasteiger partial charge in [-0.25, -0.2) is 0 Å². The number of esters is 1. The molecule has 0 radical (unpaired) electrons. The Morgan fingerprint density at radius 2 is 2.45 bits per heavy atom. The first-order chi connectivity index (χ1) is 5.13. The maximum Gasteiger partial charge on any atom is 0.332 e. The van der Waals surface area contributed by atoms with E-state index in [1.165, 1.54) is 6.08 Å². The van der Waals surface area contributed by atoms with Gasteiger partial charge in [0.1, 0.15) is 0 Å². The van der Waals surface area contributed by atoms with Crippen molar-refractivity contribution < 1.29 is 19.4 Å². The molecule has 0 aliphatic carbocycles. The first kappa shape index (κ1) is 7.78. The number of carboxylic acids is 1. The molecular weight excluding hydrogens is 148 g/mol. The average molecular weight is 156 g/mol. The van der Waals surface area contributed by atoms with Crippen molar-refractivity contribution in [3.05, 3.63) is 12.3 Å². The quantitative estimate of drug-likeness (QED) is 0.468. The molecule has 0 saturated heterocycles. The van der Waals surface area contributed by atoms with E-state index >= 15 is 0 Å². The minimum absolute atomic E-state index is 0.220. The number of aliphatic carboxylic acids is 1. The molecule has 0 aromatic rings. The lowest BCUT2D eigenvalue weighted by atomic mass is 9.87. The van der Waals surface area contributed by atoms with E-state index in [9.17, 15) is 9.59 Å². The summed E-state index contributed by atoms with van der Waals surface area (Å²) in [6.07, 6.45) is 2.62. The normalized spacial score (nSPS) is 28.6. The molecule has 0 aromatic carbocycles. The lowest BCUT2D eigenvalue weighted by Gasteiger charge is -2.14. The Balaban J connectivity index is 3.00. The van der Waals surface area contributed by atoms with E-state index in [1.807, 2.05) is 0 Å². The van der Waals surface area contributed by atoms with Gasteiger partial charge in [-0.15, -0.1) is 0 Å². The van der Waals surface area contributed by atoms with Crippen LogP contribution in [-0.4, -0.2) is 17.0 Å². The summed E-state index contributed by atoms with van der Waals surface area (Å²) in [5.74, 6) is -1.86. The van der Waals surface area contributed by atoms with Crippen LogP contribution in [0, 0.1) is 5.41 Å². The first-order valence-corrected chi connectivity index (χ1v) is 3.25. The summed E-state index contributed by atoms with van der Waals surface area (Å²) in [5, 5.41) is 8.68. The van der Waals surface area contributed by atoms with Gasteiger partial charge in [0.2, 0.25) is 0 Å². The third-order valence-electron chi connectivity index (χ3n) is 1.83. The number of carboxylic acid groups (broad SMARTS) is 1. The number of hydrogen-bond donors (Lipinski definition) is 1. The second-order valence-electron chi connectivity index (χ2n) is 2.34. The molecule has 1 N–H and O–H groups in total. The van der Waals surface area contributed by atoms with Gasteiger partial charge in [0.25, 0.3) is 0 Å². The molecule has 4 nitrogen and oxygen atoms in total. The van der Waals surface area contributed by atoms with Crippen molar-refractivity contribution in [1.29, 1.82) is 0 Å². The summed E-state index contributed by atoms with van der Waals surface area (Å²) in [4.78, 5) is 21.5. The van der Waals surface area contributed by atoms with Crippen molar-refractivity contribution >= 4 is 11.9 Å². The van der Waals surface area contributed by atoms with E-state index in [-0.39, 0.29) is 6.42 Å². The number of hydrogen-bond acceptors (Lipinski definition) is 3. The Bertz CT molecular complexity index is 231. The van der Waals surface area contributed by atoms with Gasteiger partial charge in [-0.1, -0.05) is 6.92 Å². The molecule has 0 saturated carbocycles. The van der Waals surface area contributed by atoms with Crippen LogP contribution < -0.4 is 0 Å². The molecule has 4 heteroatoms. The van der Waals surface area contributed by atoms with Crippen LogP contribution in [-0.2, 0) is 14.3 Å². The molecule has 0 fully saturated rings. The Morgan fingerprint density at radius 3 is 2.64 bits per heavy atom. The van der Waals surface area contributed by atoms with Gasteiger partial charge in [0, 0.05) is 0 Å². The smallest absolute Gasteiger partial charge is 0.332 e. The molecule has 1 aliphatic rings. The van der Waals surface area contributed by atoms with Crippen LogP contribution in [0.2, 0.25) is 0 Å². The number of carbonyl (C=O) groups excluding carboxylic acids is 1. The van der Waals surface area contributed by atoms with Gasteiger partial charge in [-0.2, -0.15) is 0 Å². The number of carbonyl (C=O) groups is 2. The Kier molecular flexibility index (Phi) is 1.68. The predicted octanol–water partition coefficient (Wildman–Crippen LogP) is 0.538. The third kappa shape index (κ3) is 0.906.